The zero-order chi connectivity index (χ0) is 24.4. The maximum absolute atomic E-state index is 13.4. The normalized spacial score (nSPS) is 18.4. The average Bonchev–Trinajstić information content (AvgIpc) is 3.14. The van der Waals surface area contributed by atoms with Crippen LogP contribution in [0.4, 0.5) is 4.79 Å². The third-order valence-electron chi connectivity index (χ3n) is 6.48. The standard InChI is InChI=1S/C24H23N3O7/c1-4-24(34-23(31)32)16-8-18-20-12(9-27(18)21(29)15(16)11-33-22(24)30)7-13-14(10-26(2)3)19(28)6-5-17(13)25-20/h5-8,28H,4,9-11H2,1-3H3,(H,31,32)/t24-/m0/s1. The van der Waals surface area contributed by atoms with E-state index < -0.39 is 17.7 Å². The number of esters is 1. The lowest BCUT2D eigenvalue weighted by Gasteiger charge is -2.34. The van der Waals surface area contributed by atoms with Crippen LogP contribution in [0.1, 0.15) is 35.6 Å². The smallest absolute Gasteiger partial charge is 0.507 e. The lowest BCUT2D eigenvalue weighted by molar-refractivity contribution is -0.174. The number of hydrogen-bond donors (Lipinski definition) is 2. The van der Waals surface area contributed by atoms with E-state index in [1.54, 1.807) is 29.7 Å². The number of nitrogens with zero attached hydrogens (tertiary/aromatic N) is 3. The van der Waals surface area contributed by atoms with Crippen LogP contribution in [0, 0.1) is 0 Å². The number of benzene rings is 1. The summed E-state index contributed by atoms with van der Waals surface area (Å²) in [4.78, 5) is 44.3. The van der Waals surface area contributed by atoms with Crippen molar-refractivity contribution in [1.29, 1.82) is 0 Å². The number of phenols is 1. The number of pyridine rings is 2. The Morgan fingerprint density at radius 1 is 1.29 bits per heavy atom. The van der Waals surface area contributed by atoms with Crippen LogP contribution in [-0.4, -0.2) is 50.9 Å². The number of carboxylic acid groups (broad SMARTS) is 1. The van der Waals surface area contributed by atoms with Gasteiger partial charge in [0, 0.05) is 28.6 Å². The molecule has 0 bridgehead atoms. The maximum Gasteiger partial charge on any atom is 0.507 e. The van der Waals surface area contributed by atoms with Gasteiger partial charge in [0.05, 0.1) is 29.0 Å². The Hall–Kier alpha value is -3.92. The molecule has 2 aliphatic heterocycles. The largest absolute Gasteiger partial charge is 0.508 e. The van der Waals surface area contributed by atoms with E-state index in [1.165, 1.54) is 0 Å². The van der Waals surface area contributed by atoms with Gasteiger partial charge in [-0.3, -0.25) is 4.79 Å². The van der Waals surface area contributed by atoms with Gasteiger partial charge in [0.15, 0.2) is 0 Å². The molecule has 1 atom stereocenters. The van der Waals surface area contributed by atoms with Gasteiger partial charge < -0.3 is 29.2 Å². The van der Waals surface area contributed by atoms with Gasteiger partial charge in [-0.15, -0.1) is 0 Å². The molecule has 0 radical (unpaired) electrons. The van der Waals surface area contributed by atoms with Crippen molar-refractivity contribution in [3.63, 3.8) is 0 Å². The van der Waals surface area contributed by atoms with Crippen molar-refractivity contribution in [2.24, 2.45) is 0 Å². The molecule has 0 aliphatic carbocycles. The lowest BCUT2D eigenvalue weighted by Crippen LogP contribution is -2.47. The fourth-order valence-electron chi connectivity index (χ4n) is 4.89. The molecular formula is C24H23N3O7. The summed E-state index contributed by atoms with van der Waals surface area (Å²) in [5.74, 6) is -0.678. The maximum atomic E-state index is 13.4. The highest BCUT2D eigenvalue weighted by molar-refractivity contribution is 5.89. The zero-order valence-electron chi connectivity index (χ0n) is 18.9. The third kappa shape index (κ3) is 3.06. The molecule has 34 heavy (non-hydrogen) atoms. The number of aromatic nitrogens is 2. The number of cyclic esters (lactones) is 1. The first-order valence-corrected chi connectivity index (χ1v) is 10.8. The Kier molecular flexibility index (Phi) is 4.87. The quantitative estimate of drug-likeness (QED) is 0.437. The monoisotopic (exact) mass is 465 g/mol. The van der Waals surface area contributed by atoms with Crippen molar-refractivity contribution in [3.8, 4) is 17.1 Å². The van der Waals surface area contributed by atoms with Gasteiger partial charge in [-0.2, -0.15) is 0 Å². The summed E-state index contributed by atoms with van der Waals surface area (Å²) in [5, 5.41) is 20.5. The summed E-state index contributed by atoms with van der Waals surface area (Å²) in [6, 6.07) is 6.85. The summed E-state index contributed by atoms with van der Waals surface area (Å²) in [6.07, 6.45) is -1.66. The second kappa shape index (κ2) is 7.56. The van der Waals surface area contributed by atoms with Crippen molar-refractivity contribution in [2.45, 2.75) is 38.6 Å². The molecule has 2 aromatic heterocycles. The first kappa shape index (κ1) is 21.9. The van der Waals surface area contributed by atoms with Crippen LogP contribution in [0.5, 0.6) is 5.75 Å². The minimum atomic E-state index is -1.92. The molecule has 5 rings (SSSR count). The van der Waals surface area contributed by atoms with Gasteiger partial charge in [-0.25, -0.2) is 14.6 Å². The minimum Gasteiger partial charge on any atom is -0.508 e. The summed E-state index contributed by atoms with van der Waals surface area (Å²) < 4.78 is 11.8. The number of carbonyl (C=O) groups is 2. The molecule has 2 N–H and O–H groups in total. The fourth-order valence-corrected chi connectivity index (χ4v) is 4.89. The van der Waals surface area contributed by atoms with Gasteiger partial charge in [0.1, 0.15) is 12.4 Å². The second-order valence-corrected chi connectivity index (χ2v) is 8.80. The van der Waals surface area contributed by atoms with E-state index in [0.29, 0.717) is 23.4 Å². The van der Waals surface area contributed by atoms with Crippen LogP contribution in [0.15, 0.2) is 29.1 Å². The molecular weight excluding hydrogens is 442 g/mol. The molecule has 3 aromatic rings. The molecule has 0 unspecified atom stereocenters. The number of carbonyl (C=O) groups excluding carboxylic acids is 1. The molecule has 0 amide bonds. The van der Waals surface area contributed by atoms with Crippen molar-refractivity contribution in [3.05, 3.63) is 56.9 Å². The highest BCUT2D eigenvalue weighted by Gasteiger charge is 2.50. The Labute approximate surface area is 194 Å². The van der Waals surface area contributed by atoms with E-state index in [9.17, 15) is 24.6 Å². The third-order valence-corrected chi connectivity index (χ3v) is 6.48. The van der Waals surface area contributed by atoms with Crippen LogP contribution in [0.3, 0.4) is 0 Å². The molecule has 0 fully saturated rings. The number of rotatable bonds is 4. The van der Waals surface area contributed by atoms with Gasteiger partial charge >= 0.3 is 12.1 Å². The predicted molar refractivity (Wildman–Crippen MR) is 120 cm³/mol. The number of aromatic hydroxyl groups is 1. The number of ether oxygens (including phenoxy) is 2. The molecule has 2 aliphatic rings. The Morgan fingerprint density at radius 2 is 2.06 bits per heavy atom. The Bertz CT molecular complexity index is 1440. The molecule has 0 saturated heterocycles. The van der Waals surface area contributed by atoms with Crippen molar-refractivity contribution >= 4 is 23.0 Å². The molecule has 0 saturated carbocycles. The van der Waals surface area contributed by atoms with E-state index in [4.69, 9.17) is 14.5 Å². The van der Waals surface area contributed by atoms with Crippen LogP contribution in [0.25, 0.3) is 22.3 Å². The fraction of sp³-hybridized carbons (Fsp3) is 0.333. The van der Waals surface area contributed by atoms with Gasteiger partial charge in [-0.05, 0) is 44.8 Å². The van der Waals surface area contributed by atoms with Crippen LogP contribution < -0.4 is 5.56 Å². The zero-order valence-corrected chi connectivity index (χ0v) is 18.9. The summed E-state index contributed by atoms with van der Waals surface area (Å²) in [7, 11) is 3.81. The van der Waals surface area contributed by atoms with E-state index in [1.807, 2.05) is 25.1 Å². The van der Waals surface area contributed by atoms with E-state index in [-0.39, 0.29) is 42.0 Å². The van der Waals surface area contributed by atoms with Gasteiger partial charge in [0.25, 0.3) is 5.56 Å². The summed E-state index contributed by atoms with van der Waals surface area (Å²) in [5.41, 5.74) is 1.29. The molecule has 176 valence electrons. The summed E-state index contributed by atoms with van der Waals surface area (Å²) in [6.45, 7) is 2.10. The van der Waals surface area contributed by atoms with Crippen molar-refractivity contribution in [1.82, 2.24) is 14.5 Å². The Morgan fingerprint density at radius 3 is 2.74 bits per heavy atom. The first-order chi connectivity index (χ1) is 16.2. The first-order valence-electron chi connectivity index (χ1n) is 10.8. The summed E-state index contributed by atoms with van der Waals surface area (Å²) >= 11 is 0. The lowest BCUT2D eigenvalue weighted by atomic mass is 9.85. The van der Waals surface area contributed by atoms with Crippen molar-refractivity contribution in [2.75, 3.05) is 14.1 Å². The SMILES string of the molecule is CC[C@@]1(OC(=O)O)C(=O)OCc2c1cc1n(c2=O)Cc2cc3c(CN(C)C)c(O)ccc3nc2-1. The Balaban J connectivity index is 1.75. The number of fused-ring (bicyclic) bond motifs is 5. The van der Waals surface area contributed by atoms with Gasteiger partial charge in [0.2, 0.25) is 5.60 Å². The van der Waals surface area contributed by atoms with E-state index >= 15 is 0 Å². The molecule has 4 heterocycles. The highest BCUT2D eigenvalue weighted by atomic mass is 16.7. The number of phenolic OH excluding ortho intramolecular Hbond substituents is 1. The van der Waals surface area contributed by atoms with Crippen LogP contribution in [-0.2, 0) is 39.6 Å². The van der Waals surface area contributed by atoms with Crippen LogP contribution in [0.2, 0.25) is 0 Å². The topological polar surface area (TPSA) is 131 Å². The molecule has 0 spiro atoms. The average molecular weight is 465 g/mol. The minimum absolute atomic E-state index is 0.0286. The van der Waals surface area contributed by atoms with Crippen molar-refractivity contribution < 1.29 is 29.3 Å². The van der Waals surface area contributed by atoms with E-state index in [0.717, 1.165) is 16.5 Å². The van der Waals surface area contributed by atoms with Gasteiger partial charge in [-0.1, -0.05) is 6.92 Å². The highest BCUT2D eigenvalue weighted by Crippen LogP contribution is 2.41. The predicted octanol–water partition coefficient (Wildman–Crippen LogP) is 2.55. The molecule has 1 aromatic carbocycles. The van der Waals surface area contributed by atoms with Crippen LogP contribution >= 0.6 is 0 Å². The second-order valence-electron chi connectivity index (χ2n) is 8.80. The molecule has 10 nitrogen and oxygen atoms in total. The number of hydrogen-bond acceptors (Lipinski definition) is 8. The molecule has 10 heteroatoms. The van der Waals surface area contributed by atoms with E-state index in [2.05, 4.69) is 0 Å².